The smallest absolute Gasteiger partial charge is 0.306 e. The van der Waals surface area contributed by atoms with Gasteiger partial charge in [-0.3, -0.25) is 9.59 Å². The molecule has 0 N–H and O–H groups in total. The fourth-order valence-corrected chi connectivity index (χ4v) is 2.47. The van der Waals surface area contributed by atoms with Crippen LogP contribution in [0.1, 0.15) is 89.8 Å². The van der Waals surface area contributed by atoms with Gasteiger partial charge in [0.1, 0.15) is 13.2 Å². The average molecular weight is 363 g/mol. The lowest BCUT2D eigenvalue weighted by atomic mass is 9.85. The summed E-state index contributed by atoms with van der Waals surface area (Å²) < 4.78 is 10.8. The quantitative estimate of drug-likeness (QED) is 0.519. The van der Waals surface area contributed by atoms with Crippen molar-refractivity contribution < 1.29 is 19.1 Å². The summed E-state index contributed by atoms with van der Waals surface area (Å²) in [5.41, 5.74) is 2.96. The van der Waals surface area contributed by atoms with E-state index in [0.717, 1.165) is 42.4 Å². The maximum Gasteiger partial charge on any atom is 0.306 e. The zero-order chi connectivity index (χ0) is 19.6. The van der Waals surface area contributed by atoms with Crippen LogP contribution in [0.15, 0.2) is 18.2 Å². The van der Waals surface area contributed by atoms with Gasteiger partial charge in [0.15, 0.2) is 0 Å². The van der Waals surface area contributed by atoms with E-state index in [1.54, 1.807) is 0 Å². The molecule has 0 aromatic heterocycles. The van der Waals surface area contributed by atoms with Crippen molar-refractivity contribution in [1.82, 2.24) is 0 Å². The number of esters is 2. The predicted octanol–water partition coefficient (Wildman–Crippen LogP) is 5.45. The first-order chi connectivity index (χ1) is 12.3. The van der Waals surface area contributed by atoms with E-state index in [-0.39, 0.29) is 30.6 Å². The summed E-state index contributed by atoms with van der Waals surface area (Å²) in [5.74, 6) is -0.364. The highest BCUT2D eigenvalue weighted by atomic mass is 16.5. The number of ether oxygens (including phenoxy) is 2. The minimum absolute atomic E-state index is 0.00268. The molecule has 0 bridgehead atoms. The van der Waals surface area contributed by atoms with Crippen molar-refractivity contribution in [3.63, 3.8) is 0 Å². The standard InChI is InChI=1S/C22H34O4/c1-6-8-10-20(23)25-15-17-12-13-19(22(3,4)5)14-18(17)16-26-21(24)11-9-7-2/h12-14H,6-11,15-16H2,1-5H3. The second kappa shape index (κ2) is 11.0. The van der Waals surface area contributed by atoms with E-state index in [9.17, 15) is 9.59 Å². The summed E-state index contributed by atoms with van der Waals surface area (Å²) in [6.07, 6.45) is 4.49. The van der Waals surface area contributed by atoms with Crippen molar-refractivity contribution in [1.29, 1.82) is 0 Å². The molecule has 0 saturated carbocycles. The van der Waals surface area contributed by atoms with Crippen LogP contribution in [-0.4, -0.2) is 11.9 Å². The van der Waals surface area contributed by atoms with E-state index in [4.69, 9.17) is 9.47 Å². The van der Waals surface area contributed by atoms with Crippen LogP contribution in [0.4, 0.5) is 0 Å². The van der Waals surface area contributed by atoms with Crippen molar-refractivity contribution in [3.05, 3.63) is 34.9 Å². The number of hydrogen-bond acceptors (Lipinski definition) is 4. The summed E-state index contributed by atoms with van der Waals surface area (Å²) in [6.45, 7) is 11.0. The van der Waals surface area contributed by atoms with E-state index in [1.807, 2.05) is 19.9 Å². The number of carbonyl (C=O) groups is 2. The first-order valence-electron chi connectivity index (χ1n) is 9.71. The highest BCUT2D eigenvalue weighted by Crippen LogP contribution is 2.25. The van der Waals surface area contributed by atoms with Crippen LogP contribution in [0.25, 0.3) is 0 Å². The zero-order valence-electron chi connectivity index (χ0n) is 17.0. The number of hydrogen-bond donors (Lipinski definition) is 0. The van der Waals surface area contributed by atoms with Gasteiger partial charge in [0, 0.05) is 12.8 Å². The summed E-state index contributed by atoms with van der Waals surface area (Å²) in [5, 5.41) is 0. The Morgan fingerprint density at radius 2 is 1.35 bits per heavy atom. The van der Waals surface area contributed by atoms with Crippen LogP contribution in [-0.2, 0) is 37.7 Å². The molecule has 0 amide bonds. The third-order valence-corrected chi connectivity index (χ3v) is 4.32. The first-order valence-corrected chi connectivity index (χ1v) is 9.71. The Bertz CT molecular complexity index is 584. The molecule has 0 unspecified atom stereocenters. The molecule has 0 atom stereocenters. The van der Waals surface area contributed by atoms with E-state index < -0.39 is 0 Å². The lowest BCUT2D eigenvalue weighted by molar-refractivity contribution is -0.146. The van der Waals surface area contributed by atoms with Crippen LogP contribution in [0, 0.1) is 0 Å². The Hall–Kier alpha value is -1.84. The molecule has 4 heteroatoms. The Labute approximate surface area is 158 Å². The molecular weight excluding hydrogens is 328 g/mol. The van der Waals surface area contributed by atoms with Gasteiger partial charge >= 0.3 is 11.9 Å². The van der Waals surface area contributed by atoms with Gasteiger partial charge in [-0.25, -0.2) is 0 Å². The molecule has 0 radical (unpaired) electrons. The van der Waals surface area contributed by atoms with Crippen molar-refractivity contribution in [2.75, 3.05) is 0 Å². The van der Waals surface area contributed by atoms with E-state index in [1.165, 1.54) is 0 Å². The summed E-state index contributed by atoms with van der Waals surface area (Å²) in [7, 11) is 0. The fourth-order valence-electron chi connectivity index (χ4n) is 2.47. The van der Waals surface area contributed by atoms with Crippen LogP contribution in [0.5, 0.6) is 0 Å². The molecule has 0 heterocycles. The second-order valence-corrected chi connectivity index (χ2v) is 7.76. The van der Waals surface area contributed by atoms with Gasteiger partial charge in [-0.2, -0.15) is 0 Å². The van der Waals surface area contributed by atoms with Gasteiger partial charge in [-0.15, -0.1) is 0 Å². The molecule has 0 saturated heterocycles. The van der Waals surface area contributed by atoms with Gasteiger partial charge in [0.05, 0.1) is 0 Å². The molecule has 0 spiro atoms. The lowest BCUT2D eigenvalue weighted by Gasteiger charge is -2.21. The number of carbonyl (C=O) groups excluding carboxylic acids is 2. The van der Waals surface area contributed by atoms with Crippen LogP contribution < -0.4 is 0 Å². The largest absolute Gasteiger partial charge is 0.461 e. The average Bonchev–Trinajstić information content (AvgIpc) is 2.60. The Morgan fingerprint density at radius 3 is 1.81 bits per heavy atom. The first kappa shape index (κ1) is 22.2. The minimum atomic E-state index is -0.183. The third-order valence-electron chi connectivity index (χ3n) is 4.32. The van der Waals surface area contributed by atoms with E-state index in [0.29, 0.717) is 12.8 Å². The lowest BCUT2D eigenvalue weighted by Crippen LogP contribution is -2.14. The molecule has 0 aliphatic carbocycles. The Balaban J connectivity index is 2.83. The van der Waals surface area contributed by atoms with Crippen molar-refractivity contribution in [2.24, 2.45) is 0 Å². The molecule has 26 heavy (non-hydrogen) atoms. The maximum absolute atomic E-state index is 11.8. The van der Waals surface area contributed by atoms with Crippen LogP contribution >= 0.6 is 0 Å². The molecular formula is C22H34O4. The minimum Gasteiger partial charge on any atom is -0.461 e. The predicted molar refractivity (Wildman–Crippen MR) is 104 cm³/mol. The monoisotopic (exact) mass is 362 g/mol. The van der Waals surface area contributed by atoms with Crippen molar-refractivity contribution in [3.8, 4) is 0 Å². The molecule has 1 aromatic carbocycles. The molecule has 0 fully saturated rings. The van der Waals surface area contributed by atoms with Gasteiger partial charge in [0.2, 0.25) is 0 Å². The van der Waals surface area contributed by atoms with Crippen LogP contribution in [0.3, 0.4) is 0 Å². The SMILES string of the molecule is CCCCC(=O)OCc1ccc(C(C)(C)C)cc1COC(=O)CCCC. The van der Waals surface area contributed by atoms with Gasteiger partial charge < -0.3 is 9.47 Å². The molecule has 1 aromatic rings. The normalized spacial score (nSPS) is 11.3. The fraction of sp³-hybridized carbons (Fsp3) is 0.636. The van der Waals surface area contributed by atoms with Crippen molar-refractivity contribution >= 4 is 11.9 Å². The van der Waals surface area contributed by atoms with Gasteiger partial charge in [0.25, 0.3) is 0 Å². The molecule has 0 aliphatic rings. The number of benzene rings is 1. The maximum atomic E-state index is 11.8. The molecule has 1 rings (SSSR count). The van der Waals surface area contributed by atoms with Gasteiger partial charge in [-0.05, 0) is 34.9 Å². The van der Waals surface area contributed by atoms with Crippen molar-refractivity contribution in [2.45, 2.75) is 91.8 Å². The topological polar surface area (TPSA) is 52.6 Å². The molecule has 0 aliphatic heterocycles. The van der Waals surface area contributed by atoms with E-state index >= 15 is 0 Å². The second-order valence-electron chi connectivity index (χ2n) is 7.76. The highest BCUT2D eigenvalue weighted by Gasteiger charge is 2.17. The summed E-state index contributed by atoms with van der Waals surface area (Å²) in [6, 6.07) is 6.09. The van der Waals surface area contributed by atoms with Gasteiger partial charge in [-0.1, -0.05) is 65.7 Å². The Kier molecular flexibility index (Phi) is 9.39. The Morgan fingerprint density at radius 1 is 0.846 bits per heavy atom. The summed E-state index contributed by atoms with van der Waals surface area (Å²) >= 11 is 0. The van der Waals surface area contributed by atoms with Crippen LogP contribution in [0.2, 0.25) is 0 Å². The highest BCUT2D eigenvalue weighted by molar-refractivity contribution is 5.69. The zero-order valence-corrected chi connectivity index (χ0v) is 17.0. The third kappa shape index (κ3) is 8.03. The molecule has 4 nitrogen and oxygen atoms in total. The number of unbranched alkanes of at least 4 members (excludes halogenated alkanes) is 2. The van der Waals surface area contributed by atoms with E-state index in [2.05, 4.69) is 32.9 Å². The molecule has 146 valence electrons. The number of rotatable bonds is 10. The summed E-state index contributed by atoms with van der Waals surface area (Å²) in [4.78, 5) is 23.6.